The number of carboxylic acids is 1. The first-order chi connectivity index (χ1) is 7.24. The molecule has 0 saturated heterocycles. The Bertz CT molecular complexity index is 330. The SMILES string of the molecule is COCCCNc1cncc(C(=O)O)n1. The minimum Gasteiger partial charge on any atom is -0.476 e. The van der Waals surface area contributed by atoms with E-state index in [4.69, 9.17) is 9.84 Å². The molecule has 1 aromatic rings. The maximum atomic E-state index is 10.6. The van der Waals surface area contributed by atoms with E-state index in [0.717, 1.165) is 6.42 Å². The highest BCUT2D eigenvalue weighted by Gasteiger charge is 2.05. The molecule has 0 bridgehead atoms. The minimum atomic E-state index is -1.08. The molecule has 0 aliphatic carbocycles. The fourth-order valence-corrected chi connectivity index (χ4v) is 0.987. The van der Waals surface area contributed by atoms with Crippen LogP contribution in [0.3, 0.4) is 0 Å². The fraction of sp³-hybridized carbons (Fsp3) is 0.444. The second kappa shape index (κ2) is 5.92. The van der Waals surface area contributed by atoms with Crippen LogP contribution >= 0.6 is 0 Å². The smallest absolute Gasteiger partial charge is 0.356 e. The average molecular weight is 211 g/mol. The van der Waals surface area contributed by atoms with Crippen LogP contribution in [0.25, 0.3) is 0 Å². The molecule has 1 rings (SSSR count). The van der Waals surface area contributed by atoms with Crippen LogP contribution in [-0.2, 0) is 4.74 Å². The van der Waals surface area contributed by atoms with E-state index in [1.165, 1.54) is 12.4 Å². The summed E-state index contributed by atoms with van der Waals surface area (Å²) in [7, 11) is 1.63. The Morgan fingerprint density at radius 3 is 3.07 bits per heavy atom. The van der Waals surface area contributed by atoms with E-state index >= 15 is 0 Å². The first-order valence-electron chi connectivity index (χ1n) is 4.52. The molecular formula is C9H13N3O3. The number of rotatable bonds is 6. The van der Waals surface area contributed by atoms with Crippen LogP contribution < -0.4 is 5.32 Å². The summed E-state index contributed by atoms with van der Waals surface area (Å²) in [5.74, 6) is -0.617. The van der Waals surface area contributed by atoms with E-state index < -0.39 is 5.97 Å². The first kappa shape index (κ1) is 11.4. The molecule has 0 atom stereocenters. The molecule has 0 aromatic carbocycles. The second-order valence-corrected chi connectivity index (χ2v) is 2.87. The van der Waals surface area contributed by atoms with Crippen molar-refractivity contribution in [2.45, 2.75) is 6.42 Å². The lowest BCUT2D eigenvalue weighted by Gasteiger charge is -2.04. The predicted octanol–water partition coefficient (Wildman–Crippen LogP) is 0.623. The number of nitrogens with zero attached hydrogens (tertiary/aromatic N) is 2. The monoisotopic (exact) mass is 211 g/mol. The van der Waals surface area contributed by atoms with Crippen molar-refractivity contribution in [2.24, 2.45) is 0 Å². The number of carboxylic acid groups (broad SMARTS) is 1. The maximum absolute atomic E-state index is 10.6. The molecule has 0 fully saturated rings. The molecule has 6 nitrogen and oxygen atoms in total. The summed E-state index contributed by atoms with van der Waals surface area (Å²) in [6.45, 7) is 1.32. The molecule has 0 aliphatic heterocycles. The van der Waals surface area contributed by atoms with Gasteiger partial charge in [0.1, 0.15) is 5.82 Å². The van der Waals surface area contributed by atoms with Gasteiger partial charge in [0.2, 0.25) is 0 Å². The number of ether oxygens (including phenoxy) is 1. The van der Waals surface area contributed by atoms with Crippen LogP contribution in [0.5, 0.6) is 0 Å². The molecule has 0 spiro atoms. The third-order valence-electron chi connectivity index (χ3n) is 1.69. The Labute approximate surface area is 87.3 Å². The number of hydrogen-bond acceptors (Lipinski definition) is 5. The van der Waals surface area contributed by atoms with Crippen molar-refractivity contribution < 1.29 is 14.6 Å². The third kappa shape index (κ3) is 3.90. The van der Waals surface area contributed by atoms with Gasteiger partial charge in [-0.15, -0.1) is 0 Å². The Kier molecular flexibility index (Phi) is 4.49. The summed E-state index contributed by atoms with van der Waals surface area (Å²) in [6.07, 6.45) is 3.53. The van der Waals surface area contributed by atoms with Gasteiger partial charge in [-0.25, -0.2) is 9.78 Å². The standard InChI is InChI=1S/C9H13N3O3/c1-15-4-2-3-11-8-6-10-5-7(12-8)9(13)14/h5-6H,2-4H2,1H3,(H,11,12)(H,13,14). The number of carbonyl (C=O) groups is 1. The van der Waals surface area contributed by atoms with Gasteiger partial charge in [-0.2, -0.15) is 0 Å². The van der Waals surface area contributed by atoms with E-state index in [0.29, 0.717) is 19.0 Å². The number of nitrogens with one attached hydrogen (secondary N) is 1. The third-order valence-corrected chi connectivity index (χ3v) is 1.69. The lowest BCUT2D eigenvalue weighted by Crippen LogP contribution is -2.09. The molecule has 6 heteroatoms. The van der Waals surface area contributed by atoms with Crippen LogP contribution in [0.4, 0.5) is 5.82 Å². The van der Waals surface area contributed by atoms with Gasteiger partial charge in [-0.05, 0) is 6.42 Å². The number of aromatic carboxylic acids is 1. The van der Waals surface area contributed by atoms with Gasteiger partial charge < -0.3 is 15.2 Å². The average Bonchev–Trinajstić information content (AvgIpc) is 2.25. The summed E-state index contributed by atoms with van der Waals surface area (Å²) in [6, 6.07) is 0. The molecule has 82 valence electrons. The number of anilines is 1. The highest BCUT2D eigenvalue weighted by molar-refractivity contribution is 5.85. The number of aromatic nitrogens is 2. The van der Waals surface area contributed by atoms with Crippen molar-refractivity contribution >= 4 is 11.8 Å². The Morgan fingerprint density at radius 1 is 1.60 bits per heavy atom. The zero-order valence-corrected chi connectivity index (χ0v) is 8.43. The zero-order valence-electron chi connectivity index (χ0n) is 8.43. The van der Waals surface area contributed by atoms with Gasteiger partial charge in [0, 0.05) is 20.3 Å². The minimum absolute atomic E-state index is 0.0632. The molecule has 1 aromatic heterocycles. The van der Waals surface area contributed by atoms with Crippen molar-refractivity contribution in [3.8, 4) is 0 Å². The van der Waals surface area contributed by atoms with Gasteiger partial charge in [0.25, 0.3) is 0 Å². The van der Waals surface area contributed by atoms with Crippen LogP contribution in [-0.4, -0.2) is 41.3 Å². The lowest BCUT2D eigenvalue weighted by molar-refractivity contribution is 0.0690. The first-order valence-corrected chi connectivity index (χ1v) is 4.52. The maximum Gasteiger partial charge on any atom is 0.356 e. The Hall–Kier alpha value is -1.69. The van der Waals surface area contributed by atoms with E-state index in [2.05, 4.69) is 15.3 Å². The second-order valence-electron chi connectivity index (χ2n) is 2.87. The van der Waals surface area contributed by atoms with Gasteiger partial charge in [0.05, 0.1) is 12.4 Å². The van der Waals surface area contributed by atoms with Crippen LogP contribution in [0.15, 0.2) is 12.4 Å². The summed E-state index contributed by atoms with van der Waals surface area (Å²) < 4.78 is 4.87. The van der Waals surface area contributed by atoms with E-state index in [9.17, 15) is 4.79 Å². The molecule has 0 unspecified atom stereocenters. The van der Waals surface area contributed by atoms with Gasteiger partial charge in [-0.3, -0.25) is 4.98 Å². The van der Waals surface area contributed by atoms with Gasteiger partial charge in [-0.1, -0.05) is 0 Å². The topological polar surface area (TPSA) is 84.3 Å². The zero-order chi connectivity index (χ0) is 11.1. The normalized spacial score (nSPS) is 9.93. The summed E-state index contributed by atoms with van der Waals surface area (Å²) in [5, 5.41) is 11.6. The van der Waals surface area contributed by atoms with E-state index in [1.54, 1.807) is 7.11 Å². The van der Waals surface area contributed by atoms with Crippen molar-refractivity contribution in [3.05, 3.63) is 18.1 Å². The molecule has 0 aliphatic rings. The molecule has 2 N–H and O–H groups in total. The molecule has 0 radical (unpaired) electrons. The van der Waals surface area contributed by atoms with Gasteiger partial charge in [0.15, 0.2) is 5.69 Å². The lowest BCUT2D eigenvalue weighted by atomic mass is 10.4. The van der Waals surface area contributed by atoms with Crippen molar-refractivity contribution in [2.75, 3.05) is 25.6 Å². The van der Waals surface area contributed by atoms with Crippen LogP contribution in [0.2, 0.25) is 0 Å². The quantitative estimate of drug-likeness (QED) is 0.671. The highest BCUT2D eigenvalue weighted by atomic mass is 16.5. The number of hydrogen-bond donors (Lipinski definition) is 2. The van der Waals surface area contributed by atoms with Gasteiger partial charge >= 0.3 is 5.97 Å². The molecule has 1 heterocycles. The Balaban J connectivity index is 2.47. The largest absolute Gasteiger partial charge is 0.476 e. The van der Waals surface area contributed by atoms with Crippen molar-refractivity contribution in [1.82, 2.24) is 9.97 Å². The predicted molar refractivity (Wildman–Crippen MR) is 54.0 cm³/mol. The van der Waals surface area contributed by atoms with E-state index in [1.807, 2.05) is 0 Å². The van der Waals surface area contributed by atoms with Crippen molar-refractivity contribution in [1.29, 1.82) is 0 Å². The Morgan fingerprint density at radius 2 is 2.40 bits per heavy atom. The molecule has 15 heavy (non-hydrogen) atoms. The molecule has 0 saturated carbocycles. The number of methoxy groups -OCH3 is 1. The summed E-state index contributed by atoms with van der Waals surface area (Å²) in [4.78, 5) is 18.2. The summed E-state index contributed by atoms with van der Waals surface area (Å²) in [5.41, 5.74) is -0.0632. The van der Waals surface area contributed by atoms with Crippen molar-refractivity contribution in [3.63, 3.8) is 0 Å². The van der Waals surface area contributed by atoms with E-state index in [-0.39, 0.29) is 5.69 Å². The molecule has 0 amide bonds. The van der Waals surface area contributed by atoms with Crippen LogP contribution in [0, 0.1) is 0 Å². The summed E-state index contributed by atoms with van der Waals surface area (Å²) >= 11 is 0. The van der Waals surface area contributed by atoms with Crippen LogP contribution in [0.1, 0.15) is 16.9 Å². The highest BCUT2D eigenvalue weighted by Crippen LogP contribution is 2.01. The fourth-order valence-electron chi connectivity index (χ4n) is 0.987. The molecular weight excluding hydrogens is 198 g/mol.